The highest BCUT2D eigenvalue weighted by atomic mass is 16.4. The molecule has 1 aliphatic rings. The molecule has 0 aliphatic heterocycles. The molecule has 7 heteroatoms. The molecule has 7 nitrogen and oxygen atoms in total. The van der Waals surface area contributed by atoms with Gasteiger partial charge in [-0.05, 0) is 25.7 Å². The summed E-state index contributed by atoms with van der Waals surface area (Å²) < 4.78 is 0. The van der Waals surface area contributed by atoms with Gasteiger partial charge in [0.2, 0.25) is 5.82 Å². The van der Waals surface area contributed by atoms with E-state index in [0.29, 0.717) is 5.82 Å². The summed E-state index contributed by atoms with van der Waals surface area (Å²) in [5.74, 6) is -1.03. The Bertz CT molecular complexity index is 424. The van der Waals surface area contributed by atoms with Gasteiger partial charge >= 0.3 is 5.97 Å². The van der Waals surface area contributed by atoms with E-state index in [1.165, 1.54) is 0 Å². The van der Waals surface area contributed by atoms with Crippen molar-refractivity contribution in [1.82, 2.24) is 20.5 Å². The maximum atomic E-state index is 11.6. The van der Waals surface area contributed by atoms with Crippen molar-refractivity contribution in [3.63, 3.8) is 0 Å². The van der Waals surface area contributed by atoms with Crippen LogP contribution in [-0.4, -0.2) is 38.2 Å². The lowest BCUT2D eigenvalue weighted by Crippen LogP contribution is -2.42. The fourth-order valence-corrected chi connectivity index (χ4v) is 1.46. The van der Waals surface area contributed by atoms with Gasteiger partial charge in [0.1, 0.15) is 11.9 Å². The predicted octanol–water partition coefficient (Wildman–Crippen LogP) is -0.294. The Hall–Kier alpha value is -1.92. The maximum Gasteiger partial charge on any atom is 0.326 e. The third-order valence-corrected chi connectivity index (χ3v) is 2.45. The van der Waals surface area contributed by atoms with Crippen molar-refractivity contribution in [2.45, 2.75) is 25.8 Å². The molecule has 0 spiro atoms. The highest BCUT2D eigenvalue weighted by molar-refractivity contribution is 5.93. The first-order valence-electron chi connectivity index (χ1n) is 5.00. The van der Waals surface area contributed by atoms with Crippen LogP contribution in [0.15, 0.2) is 0 Å². The van der Waals surface area contributed by atoms with Gasteiger partial charge < -0.3 is 10.4 Å². The summed E-state index contributed by atoms with van der Waals surface area (Å²) in [7, 11) is 0. The van der Waals surface area contributed by atoms with E-state index in [2.05, 4.69) is 20.5 Å². The van der Waals surface area contributed by atoms with Crippen molar-refractivity contribution in [2.24, 2.45) is 5.92 Å². The van der Waals surface area contributed by atoms with Gasteiger partial charge in [-0.15, -0.1) is 5.10 Å². The van der Waals surface area contributed by atoms with Crippen molar-refractivity contribution in [2.75, 3.05) is 0 Å². The molecule has 1 heterocycles. The number of carboxylic acids is 1. The van der Waals surface area contributed by atoms with E-state index in [0.717, 1.165) is 12.8 Å². The van der Waals surface area contributed by atoms with E-state index >= 15 is 0 Å². The SMILES string of the molecule is Cc1nc(C(=O)NC(C(=O)O)C2CC2)n[nH]1. The first kappa shape index (κ1) is 10.6. The largest absolute Gasteiger partial charge is 0.480 e. The average Bonchev–Trinajstić information content (AvgIpc) is 2.96. The molecule has 0 radical (unpaired) electrons. The van der Waals surface area contributed by atoms with Crippen LogP contribution in [-0.2, 0) is 4.79 Å². The molecule has 1 aromatic heterocycles. The minimum atomic E-state index is -1.01. The van der Waals surface area contributed by atoms with Crippen LogP contribution in [0.4, 0.5) is 0 Å². The highest BCUT2D eigenvalue weighted by Gasteiger charge is 2.37. The summed E-state index contributed by atoms with van der Waals surface area (Å²) in [5.41, 5.74) is 0. The van der Waals surface area contributed by atoms with Crippen LogP contribution in [0, 0.1) is 12.8 Å². The molecular formula is C9H12N4O3. The lowest BCUT2D eigenvalue weighted by atomic mass is 10.2. The number of amides is 1. The molecule has 0 bridgehead atoms. The third kappa shape index (κ3) is 2.18. The van der Waals surface area contributed by atoms with Gasteiger partial charge in [-0.25, -0.2) is 9.78 Å². The molecule has 1 atom stereocenters. The number of H-pyrrole nitrogens is 1. The molecule has 1 aromatic rings. The Morgan fingerprint density at radius 1 is 1.56 bits per heavy atom. The zero-order valence-corrected chi connectivity index (χ0v) is 8.73. The summed E-state index contributed by atoms with van der Waals surface area (Å²) >= 11 is 0. The molecule has 86 valence electrons. The van der Waals surface area contributed by atoms with Crippen LogP contribution in [0.25, 0.3) is 0 Å². The lowest BCUT2D eigenvalue weighted by molar-refractivity contribution is -0.139. The van der Waals surface area contributed by atoms with E-state index in [1.807, 2.05) is 0 Å². The average molecular weight is 224 g/mol. The molecule has 2 rings (SSSR count). The first-order chi connectivity index (χ1) is 7.58. The predicted molar refractivity (Wildman–Crippen MR) is 52.7 cm³/mol. The van der Waals surface area contributed by atoms with E-state index in [4.69, 9.17) is 5.11 Å². The minimum Gasteiger partial charge on any atom is -0.480 e. The molecule has 1 aliphatic carbocycles. The summed E-state index contributed by atoms with van der Waals surface area (Å²) in [6.45, 7) is 1.67. The van der Waals surface area contributed by atoms with Crippen molar-refractivity contribution < 1.29 is 14.7 Å². The Kier molecular flexibility index (Phi) is 2.59. The van der Waals surface area contributed by atoms with Gasteiger partial charge in [0.25, 0.3) is 5.91 Å². The molecule has 1 saturated carbocycles. The Morgan fingerprint density at radius 2 is 2.25 bits per heavy atom. The molecular weight excluding hydrogens is 212 g/mol. The number of aromatic nitrogens is 3. The first-order valence-corrected chi connectivity index (χ1v) is 5.00. The van der Waals surface area contributed by atoms with Crippen LogP contribution in [0.1, 0.15) is 29.3 Å². The zero-order valence-electron chi connectivity index (χ0n) is 8.73. The van der Waals surface area contributed by atoms with E-state index in [-0.39, 0.29) is 11.7 Å². The smallest absolute Gasteiger partial charge is 0.326 e. The Balaban J connectivity index is 2.02. The number of carbonyl (C=O) groups is 2. The summed E-state index contributed by atoms with van der Waals surface area (Å²) in [5, 5.41) is 17.5. The van der Waals surface area contributed by atoms with Gasteiger partial charge in [0, 0.05) is 0 Å². The minimum absolute atomic E-state index is 0.0237. The fraction of sp³-hybridized carbons (Fsp3) is 0.556. The number of nitrogens with one attached hydrogen (secondary N) is 2. The maximum absolute atomic E-state index is 11.6. The van der Waals surface area contributed by atoms with Gasteiger partial charge in [-0.3, -0.25) is 9.89 Å². The van der Waals surface area contributed by atoms with E-state index in [1.54, 1.807) is 6.92 Å². The number of carbonyl (C=O) groups excluding carboxylic acids is 1. The van der Waals surface area contributed by atoms with Crippen LogP contribution in [0.5, 0.6) is 0 Å². The Morgan fingerprint density at radius 3 is 2.69 bits per heavy atom. The van der Waals surface area contributed by atoms with Gasteiger partial charge in [0.05, 0.1) is 0 Å². The van der Waals surface area contributed by atoms with Crippen LogP contribution >= 0.6 is 0 Å². The molecule has 0 saturated heterocycles. The van der Waals surface area contributed by atoms with Crippen molar-refractivity contribution >= 4 is 11.9 Å². The van der Waals surface area contributed by atoms with Crippen molar-refractivity contribution in [3.05, 3.63) is 11.6 Å². The van der Waals surface area contributed by atoms with E-state index in [9.17, 15) is 9.59 Å². The molecule has 16 heavy (non-hydrogen) atoms. The number of carboxylic acid groups (broad SMARTS) is 1. The van der Waals surface area contributed by atoms with Crippen LogP contribution in [0.3, 0.4) is 0 Å². The number of aliphatic carboxylic acids is 1. The van der Waals surface area contributed by atoms with Crippen molar-refractivity contribution in [3.8, 4) is 0 Å². The topological polar surface area (TPSA) is 108 Å². The summed E-state index contributed by atoms with van der Waals surface area (Å²) in [4.78, 5) is 26.3. The molecule has 0 aromatic carbocycles. The second-order valence-electron chi connectivity index (χ2n) is 3.87. The summed E-state index contributed by atoms with van der Waals surface area (Å²) in [6, 6.07) is -0.827. The highest BCUT2D eigenvalue weighted by Crippen LogP contribution is 2.32. The Labute approximate surface area is 91.3 Å². The second-order valence-corrected chi connectivity index (χ2v) is 3.87. The second kappa shape index (κ2) is 3.92. The number of nitrogens with zero attached hydrogens (tertiary/aromatic N) is 2. The standard InChI is InChI=1S/C9H12N4O3/c1-4-10-7(13-12-4)8(14)11-6(9(15)16)5-2-3-5/h5-6H,2-3H2,1H3,(H,11,14)(H,15,16)(H,10,12,13). The number of aromatic amines is 1. The number of rotatable bonds is 4. The molecule has 1 unspecified atom stereocenters. The van der Waals surface area contributed by atoms with Crippen LogP contribution in [0.2, 0.25) is 0 Å². The monoisotopic (exact) mass is 224 g/mol. The summed E-state index contributed by atoms with van der Waals surface area (Å²) in [6.07, 6.45) is 1.68. The normalized spacial score (nSPS) is 16.8. The third-order valence-electron chi connectivity index (χ3n) is 2.45. The molecule has 3 N–H and O–H groups in total. The van der Waals surface area contributed by atoms with Crippen LogP contribution < -0.4 is 5.32 Å². The van der Waals surface area contributed by atoms with Gasteiger partial charge in [-0.2, -0.15) is 0 Å². The zero-order chi connectivity index (χ0) is 11.7. The quantitative estimate of drug-likeness (QED) is 0.651. The molecule has 1 amide bonds. The lowest BCUT2D eigenvalue weighted by Gasteiger charge is -2.11. The van der Waals surface area contributed by atoms with Crippen molar-refractivity contribution in [1.29, 1.82) is 0 Å². The van der Waals surface area contributed by atoms with E-state index < -0.39 is 17.9 Å². The van der Waals surface area contributed by atoms with Gasteiger partial charge in [0.15, 0.2) is 0 Å². The number of aryl methyl sites for hydroxylation is 1. The van der Waals surface area contributed by atoms with Gasteiger partial charge in [-0.1, -0.05) is 0 Å². The number of hydrogen-bond donors (Lipinski definition) is 3. The fourth-order valence-electron chi connectivity index (χ4n) is 1.46. The molecule has 1 fully saturated rings. The number of hydrogen-bond acceptors (Lipinski definition) is 4.